The molecule has 10 atom stereocenters. The molecule has 0 aromatic heterocycles. The van der Waals surface area contributed by atoms with Crippen molar-refractivity contribution in [2.24, 2.45) is 0 Å². The molecule has 1 aliphatic carbocycles. The van der Waals surface area contributed by atoms with Crippen LogP contribution in [0.2, 0.25) is 0 Å². The third-order valence-corrected chi connectivity index (χ3v) is 13.8. The van der Waals surface area contributed by atoms with Gasteiger partial charge in [0.15, 0.2) is 0 Å². The van der Waals surface area contributed by atoms with Crippen LogP contribution in [0, 0.1) is 0 Å². The Hall–Kier alpha value is -0.700. The van der Waals surface area contributed by atoms with Crippen molar-refractivity contribution in [3.05, 3.63) is 0 Å². The van der Waals surface area contributed by atoms with Crippen LogP contribution in [-0.2, 0) is 18.4 Å². The number of aliphatic hydroxyl groups is 7. The van der Waals surface area contributed by atoms with Crippen LogP contribution in [0.25, 0.3) is 0 Å². The van der Waals surface area contributed by atoms with Crippen LogP contribution in [0.1, 0.15) is 239 Å². The van der Waals surface area contributed by atoms with Gasteiger partial charge in [0, 0.05) is 6.42 Å². The van der Waals surface area contributed by atoms with Crippen molar-refractivity contribution in [1.29, 1.82) is 0 Å². The molecule has 1 saturated carbocycles. The third-order valence-electron chi connectivity index (χ3n) is 12.8. The van der Waals surface area contributed by atoms with E-state index >= 15 is 0 Å². The quantitative estimate of drug-likeness (QED) is 0.0206. The fraction of sp³-hybridized carbons (Fsp3) is 0.979. The molecule has 1 rings (SSSR count). The second-order valence-corrected chi connectivity index (χ2v) is 20.0. The van der Waals surface area contributed by atoms with Gasteiger partial charge in [0.1, 0.15) is 36.6 Å². The molecule has 62 heavy (non-hydrogen) atoms. The van der Waals surface area contributed by atoms with Crippen LogP contribution in [0.4, 0.5) is 0 Å². The van der Waals surface area contributed by atoms with E-state index in [1.54, 1.807) is 0 Å². The first-order valence-corrected chi connectivity index (χ1v) is 27.1. The first-order chi connectivity index (χ1) is 29.8. The van der Waals surface area contributed by atoms with E-state index in [4.69, 9.17) is 9.05 Å². The number of carbonyl (C=O) groups excluding carboxylic acids is 1. The lowest BCUT2D eigenvalue weighted by atomic mass is 9.87. The van der Waals surface area contributed by atoms with Gasteiger partial charge >= 0.3 is 7.82 Å². The highest BCUT2D eigenvalue weighted by molar-refractivity contribution is 7.47. The van der Waals surface area contributed by atoms with Gasteiger partial charge in [0.25, 0.3) is 0 Å². The number of rotatable bonds is 43. The second-order valence-electron chi connectivity index (χ2n) is 18.6. The van der Waals surface area contributed by atoms with Crippen LogP contribution in [0.15, 0.2) is 0 Å². The van der Waals surface area contributed by atoms with Crippen LogP contribution < -0.4 is 5.32 Å². The lowest BCUT2D eigenvalue weighted by Crippen LogP contribution is -2.56. The SMILES string of the molecule is CCCCCCCCCCCCCCCCCCCCCCC(O)C(=O)NC(COP(=O)(O)OC1C[C@H](O)C(O)C(O)[C@H]1O)C(O)C(O)CCCCCCCCCCCCCC. The Balaban J connectivity index is 2.45. The first-order valence-electron chi connectivity index (χ1n) is 25.6. The van der Waals surface area contributed by atoms with Crippen molar-refractivity contribution in [1.82, 2.24) is 5.32 Å². The maximum Gasteiger partial charge on any atom is 0.472 e. The monoisotopic (exact) mass is 910 g/mol. The molecule has 0 bridgehead atoms. The number of nitrogens with one attached hydrogen (secondary N) is 1. The Bertz CT molecular complexity index is 1090. The molecule has 0 radical (unpaired) electrons. The summed E-state index contributed by atoms with van der Waals surface area (Å²) >= 11 is 0. The molecule has 370 valence electrons. The fourth-order valence-electron chi connectivity index (χ4n) is 8.51. The van der Waals surface area contributed by atoms with Gasteiger partial charge in [-0.25, -0.2) is 4.57 Å². The molecule has 1 amide bonds. The summed E-state index contributed by atoms with van der Waals surface area (Å²) in [7, 11) is -5.03. The summed E-state index contributed by atoms with van der Waals surface area (Å²) in [6, 6.07) is -1.40. The molecule has 8 unspecified atom stereocenters. The zero-order chi connectivity index (χ0) is 45.9. The number of hydrogen-bond acceptors (Lipinski definition) is 11. The van der Waals surface area contributed by atoms with E-state index < -0.39 is 81.6 Å². The van der Waals surface area contributed by atoms with Gasteiger partial charge in [-0.05, 0) is 12.8 Å². The molecule has 9 N–H and O–H groups in total. The Morgan fingerprint density at radius 2 is 0.903 bits per heavy atom. The topological polar surface area (TPSA) is 226 Å². The van der Waals surface area contributed by atoms with Gasteiger partial charge in [0.05, 0.1) is 24.9 Å². The summed E-state index contributed by atoms with van der Waals surface area (Å²) in [5.74, 6) is -0.815. The van der Waals surface area contributed by atoms with Crippen LogP contribution >= 0.6 is 7.82 Å². The predicted molar refractivity (Wildman–Crippen MR) is 248 cm³/mol. The van der Waals surface area contributed by atoms with E-state index in [9.17, 15) is 50.0 Å². The fourth-order valence-corrected chi connectivity index (χ4v) is 9.47. The zero-order valence-electron chi connectivity index (χ0n) is 39.3. The number of phosphoric ester groups is 1. The number of carbonyl (C=O) groups is 1. The van der Waals surface area contributed by atoms with E-state index in [-0.39, 0.29) is 12.8 Å². The van der Waals surface area contributed by atoms with Gasteiger partial charge in [-0.15, -0.1) is 0 Å². The maximum absolute atomic E-state index is 13.1. The standard InChI is InChI=1S/C48H96NO12P/c1-3-5-7-9-11-13-15-17-18-19-20-21-22-23-24-26-28-30-32-34-36-41(51)48(57)49-39(38-60-62(58,59)61-43-37-42(52)45(54)47(56)46(43)55)44(53)40(50)35-33-31-29-27-25-16-14-12-10-8-6-4-2/h39-47,50-56H,3-38H2,1-2H3,(H,49,57)(H,58,59)/t39?,40?,41?,42-,43?,44?,45?,46-,47?/m0/s1. The number of amides is 1. The highest BCUT2D eigenvalue weighted by atomic mass is 31.2. The van der Waals surface area contributed by atoms with Crippen LogP contribution in [0.3, 0.4) is 0 Å². The molecular formula is C48H96NO12P. The normalized spacial score (nSPS) is 22.3. The van der Waals surface area contributed by atoms with Gasteiger partial charge in [-0.3, -0.25) is 13.8 Å². The van der Waals surface area contributed by atoms with Crippen LogP contribution in [0.5, 0.6) is 0 Å². The Labute approximate surface area is 377 Å². The zero-order valence-corrected chi connectivity index (χ0v) is 40.2. The minimum Gasteiger partial charge on any atom is -0.390 e. The van der Waals surface area contributed by atoms with Gasteiger partial charge in [-0.2, -0.15) is 0 Å². The van der Waals surface area contributed by atoms with Crippen molar-refractivity contribution in [2.75, 3.05) is 6.61 Å². The first kappa shape index (κ1) is 59.3. The van der Waals surface area contributed by atoms with E-state index in [2.05, 4.69) is 19.2 Å². The van der Waals surface area contributed by atoms with Gasteiger partial charge in [0.2, 0.25) is 5.91 Å². The smallest absolute Gasteiger partial charge is 0.390 e. The summed E-state index contributed by atoms with van der Waals surface area (Å²) in [6.45, 7) is 3.69. The molecule has 1 aliphatic rings. The minimum absolute atomic E-state index is 0.188. The molecule has 1 fully saturated rings. The lowest BCUT2D eigenvalue weighted by Gasteiger charge is -2.38. The minimum atomic E-state index is -5.03. The molecule has 0 aromatic carbocycles. The molecule has 0 spiro atoms. The van der Waals surface area contributed by atoms with E-state index in [1.807, 2.05) is 0 Å². The summed E-state index contributed by atoms with van der Waals surface area (Å²) in [5, 5.41) is 75.2. The Kier molecular flexibility index (Phi) is 36.7. The molecule has 14 heteroatoms. The lowest BCUT2D eigenvalue weighted by molar-refractivity contribution is -0.174. The number of phosphoric acid groups is 1. The summed E-state index contributed by atoms with van der Waals surface area (Å²) < 4.78 is 23.0. The third kappa shape index (κ3) is 29.8. The van der Waals surface area contributed by atoms with Crippen molar-refractivity contribution in [3.63, 3.8) is 0 Å². The van der Waals surface area contributed by atoms with Crippen molar-refractivity contribution >= 4 is 13.7 Å². The van der Waals surface area contributed by atoms with Gasteiger partial charge in [-0.1, -0.05) is 219 Å². The van der Waals surface area contributed by atoms with Gasteiger partial charge < -0.3 is 46.0 Å². The average molecular weight is 910 g/mol. The van der Waals surface area contributed by atoms with Crippen molar-refractivity contribution in [2.45, 2.75) is 293 Å². The molecular weight excluding hydrogens is 813 g/mol. The average Bonchev–Trinajstić information content (AvgIpc) is 3.25. The highest BCUT2D eigenvalue weighted by Crippen LogP contribution is 2.47. The molecule has 13 nitrogen and oxygen atoms in total. The largest absolute Gasteiger partial charge is 0.472 e. The van der Waals surface area contributed by atoms with E-state index in [0.29, 0.717) is 12.8 Å². The summed E-state index contributed by atoms with van der Waals surface area (Å²) in [5.41, 5.74) is 0. The highest BCUT2D eigenvalue weighted by Gasteiger charge is 2.46. The predicted octanol–water partition coefficient (Wildman–Crippen LogP) is 9.21. The molecule has 0 heterocycles. The number of unbranched alkanes of at least 4 members (excludes halogenated alkanes) is 30. The summed E-state index contributed by atoms with van der Waals surface area (Å²) in [4.78, 5) is 23.5. The molecule has 0 aromatic rings. The van der Waals surface area contributed by atoms with Crippen molar-refractivity contribution in [3.8, 4) is 0 Å². The number of aliphatic hydroxyl groups excluding tert-OH is 7. The molecule has 0 saturated heterocycles. The van der Waals surface area contributed by atoms with Crippen LogP contribution in [-0.4, -0.2) is 108 Å². The summed E-state index contributed by atoms with van der Waals surface area (Å²) in [6.07, 6.45) is 25.7. The molecule has 0 aliphatic heterocycles. The van der Waals surface area contributed by atoms with E-state index in [1.165, 1.54) is 148 Å². The van der Waals surface area contributed by atoms with Crippen molar-refractivity contribution < 1.29 is 59.0 Å². The Morgan fingerprint density at radius 1 is 0.548 bits per heavy atom. The maximum atomic E-state index is 13.1. The second kappa shape index (κ2) is 38.4. The Morgan fingerprint density at radius 3 is 1.29 bits per heavy atom. The number of hydrogen-bond donors (Lipinski definition) is 9. The van der Waals surface area contributed by atoms with E-state index in [0.717, 1.165) is 44.9 Å².